The van der Waals surface area contributed by atoms with Crippen molar-refractivity contribution in [2.75, 3.05) is 14.2 Å². The fourth-order valence-electron chi connectivity index (χ4n) is 3.59. The number of carbonyl (C=O) groups is 3. The lowest BCUT2D eigenvalue weighted by atomic mass is 9.82. The number of nitrogens with one attached hydrogen (secondary N) is 1. The molecule has 1 heterocycles. The van der Waals surface area contributed by atoms with Crippen molar-refractivity contribution in [2.24, 2.45) is 5.10 Å². The van der Waals surface area contributed by atoms with E-state index in [0.717, 1.165) is 30.5 Å². The maximum atomic E-state index is 12.7. The Morgan fingerprint density at radius 2 is 1.93 bits per heavy atom. The Labute approximate surface area is 155 Å². The van der Waals surface area contributed by atoms with Crippen LogP contribution in [-0.4, -0.2) is 48.9 Å². The van der Waals surface area contributed by atoms with E-state index in [0.29, 0.717) is 12.8 Å². The first-order chi connectivity index (χ1) is 12.9. The summed E-state index contributed by atoms with van der Waals surface area (Å²) in [6, 6.07) is 2.32. The Morgan fingerprint density at radius 1 is 1.22 bits per heavy atom. The molecule has 144 valence electrons. The summed E-state index contributed by atoms with van der Waals surface area (Å²) in [5.41, 5.74) is -1.06. The Kier molecular flexibility index (Phi) is 5.02. The van der Waals surface area contributed by atoms with E-state index in [1.807, 2.05) is 0 Å². The van der Waals surface area contributed by atoms with Crippen LogP contribution in [0.1, 0.15) is 48.0 Å². The SMILES string of the molecule is COc1ccc(/C=N\N2C(=O)NC3(CCCCC3)C2=O)c(C(=O)[O-])c1OC. The van der Waals surface area contributed by atoms with Crippen molar-refractivity contribution in [2.45, 2.75) is 37.6 Å². The molecule has 0 unspecified atom stereocenters. The second kappa shape index (κ2) is 7.26. The number of imide groups is 1. The van der Waals surface area contributed by atoms with Crippen LogP contribution in [0.5, 0.6) is 11.5 Å². The van der Waals surface area contributed by atoms with E-state index in [-0.39, 0.29) is 22.6 Å². The van der Waals surface area contributed by atoms with E-state index in [1.54, 1.807) is 0 Å². The zero-order chi connectivity index (χ0) is 19.6. The first-order valence-electron chi connectivity index (χ1n) is 8.60. The summed E-state index contributed by atoms with van der Waals surface area (Å²) in [6.07, 6.45) is 5.01. The van der Waals surface area contributed by atoms with E-state index in [2.05, 4.69) is 10.4 Å². The highest BCUT2D eigenvalue weighted by Crippen LogP contribution is 2.35. The first kappa shape index (κ1) is 18.7. The largest absolute Gasteiger partial charge is 0.545 e. The lowest BCUT2D eigenvalue weighted by molar-refractivity contribution is -0.255. The number of methoxy groups -OCH3 is 2. The van der Waals surface area contributed by atoms with Gasteiger partial charge in [0.05, 0.1) is 32.0 Å². The average molecular weight is 374 g/mol. The fraction of sp³-hybridized carbons (Fsp3) is 0.444. The van der Waals surface area contributed by atoms with Gasteiger partial charge in [-0.25, -0.2) is 4.79 Å². The predicted octanol–water partition coefficient (Wildman–Crippen LogP) is 0.656. The van der Waals surface area contributed by atoms with Crippen molar-refractivity contribution in [3.63, 3.8) is 0 Å². The van der Waals surface area contributed by atoms with Gasteiger partial charge in [0.15, 0.2) is 11.5 Å². The van der Waals surface area contributed by atoms with Gasteiger partial charge in [-0.05, 0) is 25.0 Å². The van der Waals surface area contributed by atoms with Crippen LogP contribution >= 0.6 is 0 Å². The minimum absolute atomic E-state index is 0.0256. The number of benzene rings is 1. The minimum atomic E-state index is -1.49. The lowest BCUT2D eigenvalue weighted by Crippen LogP contribution is -2.48. The molecule has 0 bridgehead atoms. The molecule has 1 saturated carbocycles. The van der Waals surface area contributed by atoms with Gasteiger partial charge in [-0.2, -0.15) is 5.10 Å². The number of carboxylic acid groups (broad SMARTS) is 1. The number of nitrogens with zero attached hydrogens (tertiary/aromatic N) is 2. The minimum Gasteiger partial charge on any atom is -0.545 e. The van der Waals surface area contributed by atoms with Crippen molar-refractivity contribution >= 4 is 24.1 Å². The summed E-state index contributed by atoms with van der Waals surface area (Å²) >= 11 is 0. The monoisotopic (exact) mass is 374 g/mol. The molecule has 0 atom stereocenters. The maximum absolute atomic E-state index is 12.7. The van der Waals surface area contributed by atoms with Gasteiger partial charge in [-0.15, -0.1) is 5.01 Å². The van der Waals surface area contributed by atoms with Crippen LogP contribution in [0.3, 0.4) is 0 Å². The molecule has 1 aliphatic heterocycles. The van der Waals surface area contributed by atoms with Crippen molar-refractivity contribution in [1.82, 2.24) is 10.3 Å². The number of carboxylic acids is 1. The van der Waals surface area contributed by atoms with Crippen molar-refractivity contribution in [3.05, 3.63) is 23.3 Å². The highest BCUT2D eigenvalue weighted by Gasteiger charge is 2.51. The molecule has 1 N–H and O–H groups in total. The van der Waals surface area contributed by atoms with Gasteiger partial charge in [-0.1, -0.05) is 19.3 Å². The molecule has 27 heavy (non-hydrogen) atoms. The molecule has 1 aliphatic carbocycles. The number of rotatable bonds is 5. The van der Waals surface area contributed by atoms with E-state index < -0.39 is 23.4 Å². The van der Waals surface area contributed by atoms with Crippen LogP contribution in [0.15, 0.2) is 17.2 Å². The van der Waals surface area contributed by atoms with Gasteiger partial charge in [0.1, 0.15) is 5.54 Å². The summed E-state index contributed by atoms with van der Waals surface area (Å²) in [7, 11) is 2.68. The van der Waals surface area contributed by atoms with Crippen LogP contribution in [0, 0.1) is 0 Å². The van der Waals surface area contributed by atoms with Gasteiger partial charge in [0.25, 0.3) is 5.91 Å². The van der Waals surface area contributed by atoms with E-state index in [1.165, 1.54) is 26.4 Å². The highest BCUT2D eigenvalue weighted by atomic mass is 16.5. The van der Waals surface area contributed by atoms with Crippen LogP contribution in [0.2, 0.25) is 0 Å². The Hall–Kier alpha value is -3.10. The van der Waals surface area contributed by atoms with E-state index >= 15 is 0 Å². The third-order valence-corrected chi connectivity index (χ3v) is 4.94. The number of hydrogen-bond acceptors (Lipinski definition) is 7. The number of hydrazone groups is 1. The van der Waals surface area contributed by atoms with Crippen LogP contribution in [0.4, 0.5) is 4.79 Å². The summed E-state index contributed by atoms with van der Waals surface area (Å²) in [5, 5.41) is 19.0. The van der Waals surface area contributed by atoms with Crippen LogP contribution in [0.25, 0.3) is 0 Å². The first-order valence-corrected chi connectivity index (χ1v) is 8.60. The third-order valence-electron chi connectivity index (χ3n) is 4.94. The average Bonchev–Trinajstić information content (AvgIpc) is 2.88. The molecule has 3 amide bonds. The van der Waals surface area contributed by atoms with Crippen molar-refractivity contribution in [1.29, 1.82) is 0 Å². The van der Waals surface area contributed by atoms with Gasteiger partial charge >= 0.3 is 6.03 Å². The number of aromatic carboxylic acids is 1. The summed E-state index contributed by atoms with van der Waals surface area (Å²) < 4.78 is 10.2. The Balaban J connectivity index is 1.93. The van der Waals surface area contributed by atoms with Gasteiger partial charge in [-0.3, -0.25) is 4.79 Å². The Bertz CT molecular complexity index is 814. The smallest absolute Gasteiger partial charge is 0.346 e. The normalized spacial score (nSPS) is 18.8. The third kappa shape index (κ3) is 3.20. The molecule has 0 radical (unpaired) electrons. The summed E-state index contributed by atoms with van der Waals surface area (Å²) in [5.74, 6) is -1.72. The maximum Gasteiger partial charge on any atom is 0.346 e. The molecule has 3 rings (SSSR count). The Morgan fingerprint density at radius 3 is 2.52 bits per heavy atom. The molecule has 9 heteroatoms. The van der Waals surface area contributed by atoms with Gasteiger partial charge in [0.2, 0.25) is 0 Å². The number of urea groups is 1. The summed E-state index contributed by atoms with van der Waals surface area (Å²) in [4.78, 5) is 36.5. The molecule has 1 aromatic carbocycles. The number of hydrogen-bond donors (Lipinski definition) is 1. The zero-order valence-corrected chi connectivity index (χ0v) is 15.1. The second-order valence-electron chi connectivity index (χ2n) is 6.49. The molecule has 1 spiro atoms. The quantitative estimate of drug-likeness (QED) is 0.597. The second-order valence-corrected chi connectivity index (χ2v) is 6.49. The molecule has 9 nitrogen and oxygen atoms in total. The molecule has 2 aliphatic rings. The number of ether oxygens (including phenoxy) is 2. The van der Waals surface area contributed by atoms with Crippen LogP contribution < -0.4 is 19.9 Å². The van der Waals surface area contributed by atoms with Crippen molar-refractivity contribution < 1.29 is 29.0 Å². The molecule has 1 saturated heterocycles. The standard InChI is InChI=1S/C18H21N3O6/c1-26-12-7-6-11(13(15(22)23)14(12)27-2)10-19-21-16(24)18(20-17(21)25)8-4-3-5-9-18/h6-7,10H,3-5,8-9H2,1-2H3,(H,20,25)(H,22,23)/p-1/b19-10-. The number of amides is 3. The molecule has 0 aromatic heterocycles. The molecule has 2 fully saturated rings. The van der Waals surface area contributed by atoms with Crippen LogP contribution in [-0.2, 0) is 4.79 Å². The summed E-state index contributed by atoms with van der Waals surface area (Å²) in [6.45, 7) is 0. The molecule has 1 aromatic rings. The van der Waals surface area contributed by atoms with Gasteiger partial charge < -0.3 is 24.7 Å². The molecular formula is C18H20N3O6-. The highest BCUT2D eigenvalue weighted by molar-refractivity contribution is 6.08. The van der Waals surface area contributed by atoms with Gasteiger partial charge in [0, 0.05) is 5.56 Å². The number of carbonyl (C=O) groups excluding carboxylic acids is 3. The van der Waals surface area contributed by atoms with Crippen molar-refractivity contribution in [3.8, 4) is 11.5 Å². The van der Waals surface area contributed by atoms with E-state index in [4.69, 9.17) is 9.47 Å². The lowest BCUT2D eigenvalue weighted by Gasteiger charge is -2.29. The predicted molar refractivity (Wildman–Crippen MR) is 92.7 cm³/mol. The topological polar surface area (TPSA) is 120 Å². The molecular weight excluding hydrogens is 354 g/mol. The fourth-order valence-corrected chi connectivity index (χ4v) is 3.59. The van der Waals surface area contributed by atoms with E-state index in [9.17, 15) is 19.5 Å². The zero-order valence-electron chi connectivity index (χ0n) is 15.1.